The summed E-state index contributed by atoms with van der Waals surface area (Å²) in [6, 6.07) is 18.8. The number of carbonyl (C=O) groups is 1. The standard InChI is InChI=1S/C20H20N2O2/c1-14-11-12-15-7-6-10-17(19(15)21-14)22-18(23)13-20(2,24)16-8-4-3-5-9-16/h3-12,24H,13H2,1-2H3,(H,22,23). The Bertz CT molecular complexity index is 873. The third-order valence-corrected chi connectivity index (χ3v) is 4.03. The smallest absolute Gasteiger partial charge is 0.227 e. The van der Waals surface area contributed by atoms with Crippen molar-refractivity contribution >= 4 is 22.5 Å². The molecule has 0 aliphatic heterocycles. The molecule has 0 aliphatic carbocycles. The molecule has 24 heavy (non-hydrogen) atoms. The summed E-state index contributed by atoms with van der Waals surface area (Å²) in [5.41, 5.74) is 1.79. The summed E-state index contributed by atoms with van der Waals surface area (Å²) in [6.45, 7) is 3.56. The number of hydrogen-bond donors (Lipinski definition) is 2. The van der Waals surface area contributed by atoms with Crippen molar-refractivity contribution in [2.24, 2.45) is 0 Å². The average Bonchev–Trinajstić information content (AvgIpc) is 2.56. The third-order valence-electron chi connectivity index (χ3n) is 4.03. The molecular weight excluding hydrogens is 300 g/mol. The van der Waals surface area contributed by atoms with Crippen molar-refractivity contribution in [1.82, 2.24) is 4.98 Å². The maximum atomic E-state index is 12.4. The topological polar surface area (TPSA) is 62.2 Å². The van der Waals surface area contributed by atoms with Gasteiger partial charge in [-0.15, -0.1) is 0 Å². The van der Waals surface area contributed by atoms with Crippen LogP contribution < -0.4 is 5.32 Å². The Morgan fingerprint density at radius 3 is 2.58 bits per heavy atom. The van der Waals surface area contributed by atoms with Crippen molar-refractivity contribution in [2.75, 3.05) is 5.32 Å². The van der Waals surface area contributed by atoms with Gasteiger partial charge >= 0.3 is 0 Å². The van der Waals surface area contributed by atoms with Crippen LogP contribution in [0.15, 0.2) is 60.7 Å². The van der Waals surface area contributed by atoms with Crippen LogP contribution in [0.5, 0.6) is 0 Å². The van der Waals surface area contributed by atoms with Gasteiger partial charge in [0.1, 0.15) is 0 Å². The van der Waals surface area contributed by atoms with Crippen LogP contribution in [-0.2, 0) is 10.4 Å². The Balaban J connectivity index is 1.82. The SMILES string of the molecule is Cc1ccc2cccc(NC(=O)CC(C)(O)c3ccccc3)c2n1. The second-order valence-corrected chi connectivity index (χ2v) is 6.19. The van der Waals surface area contributed by atoms with Gasteiger partial charge in [0, 0.05) is 11.1 Å². The number of aliphatic hydroxyl groups is 1. The molecule has 1 atom stereocenters. The number of fused-ring (bicyclic) bond motifs is 1. The van der Waals surface area contributed by atoms with Crippen LogP contribution in [0.4, 0.5) is 5.69 Å². The largest absolute Gasteiger partial charge is 0.385 e. The third kappa shape index (κ3) is 3.44. The van der Waals surface area contributed by atoms with Gasteiger partial charge in [-0.05, 0) is 31.5 Å². The minimum Gasteiger partial charge on any atom is -0.385 e. The number of hydrogen-bond acceptors (Lipinski definition) is 3. The molecule has 1 heterocycles. The van der Waals surface area contributed by atoms with Gasteiger partial charge in [-0.3, -0.25) is 9.78 Å². The van der Waals surface area contributed by atoms with E-state index in [0.717, 1.165) is 16.6 Å². The molecular formula is C20H20N2O2. The van der Waals surface area contributed by atoms with Crippen LogP contribution in [0.25, 0.3) is 10.9 Å². The van der Waals surface area contributed by atoms with Gasteiger partial charge in [-0.2, -0.15) is 0 Å². The zero-order chi connectivity index (χ0) is 17.2. The molecule has 1 unspecified atom stereocenters. The number of benzene rings is 2. The summed E-state index contributed by atoms with van der Waals surface area (Å²) in [6.07, 6.45) is -0.0286. The number of anilines is 1. The highest BCUT2D eigenvalue weighted by Gasteiger charge is 2.26. The number of nitrogens with zero attached hydrogens (tertiary/aromatic N) is 1. The van der Waals surface area contributed by atoms with Gasteiger partial charge < -0.3 is 10.4 Å². The molecule has 4 nitrogen and oxygen atoms in total. The fraction of sp³-hybridized carbons (Fsp3) is 0.200. The molecule has 2 N–H and O–H groups in total. The molecule has 1 aromatic heterocycles. The molecule has 0 fully saturated rings. The number of aromatic nitrogens is 1. The number of amides is 1. The lowest BCUT2D eigenvalue weighted by Gasteiger charge is -2.23. The second kappa shape index (κ2) is 6.42. The molecule has 0 saturated carbocycles. The number of pyridine rings is 1. The summed E-state index contributed by atoms with van der Waals surface area (Å²) in [4.78, 5) is 16.9. The Morgan fingerprint density at radius 1 is 1.08 bits per heavy atom. The van der Waals surface area contributed by atoms with E-state index in [1.807, 2.05) is 67.6 Å². The molecule has 0 saturated heterocycles. The van der Waals surface area contributed by atoms with Crippen LogP contribution in [0.1, 0.15) is 24.6 Å². The Morgan fingerprint density at radius 2 is 1.83 bits per heavy atom. The number of carbonyl (C=O) groups excluding carboxylic acids is 1. The lowest BCUT2D eigenvalue weighted by Crippen LogP contribution is -2.28. The van der Waals surface area contributed by atoms with Gasteiger partial charge in [0.25, 0.3) is 0 Å². The quantitative estimate of drug-likeness (QED) is 0.769. The first-order chi connectivity index (χ1) is 11.5. The Kier molecular flexibility index (Phi) is 4.32. The van der Waals surface area contributed by atoms with Crippen molar-refractivity contribution in [2.45, 2.75) is 25.9 Å². The highest BCUT2D eigenvalue weighted by Crippen LogP contribution is 2.26. The highest BCUT2D eigenvalue weighted by atomic mass is 16.3. The van der Waals surface area contributed by atoms with Gasteiger partial charge in [0.2, 0.25) is 5.91 Å². The molecule has 1 amide bonds. The minimum absolute atomic E-state index is 0.0286. The fourth-order valence-electron chi connectivity index (χ4n) is 2.75. The second-order valence-electron chi connectivity index (χ2n) is 6.19. The van der Waals surface area contributed by atoms with E-state index < -0.39 is 5.60 Å². The van der Waals surface area contributed by atoms with Crippen molar-refractivity contribution in [1.29, 1.82) is 0 Å². The molecule has 0 bridgehead atoms. The monoisotopic (exact) mass is 320 g/mol. The summed E-state index contributed by atoms with van der Waals surface area (Å²) in [5.74, 6) is -0.250. The first kappa shape index (κ1) is 16.1. The zero-order valence-corrected chi connectivity index (χ0v) is 13.8. The average molecular weight is 320 g/mol. The molecule has 3 aromatic rings. The summed E-state index contributed by atoms with van der Waals surface area (Å²) in [7, 11) is 0. The number of aryl methyl sites for hydroxylation is 1. The first-order valence-corrected chi connectivity index (χ1v) is 7.90. The molecule has 0 radical (unpaired) electrons. The molecule has 2 aromatic carbocycles. The van der Waals surface area contributed by atoms with Crippen molar-refractivity contribution in [3.63, 3.8) is 0 Å². The van der Waals surface area contributed by atoms with Gasteiger partial charge in [0.05, 0.1) is 23.2 Å². The van der Waals surface area contributed by atoms with Gasteiger partial charge in [-0.1, -0.05) is 48.5 Å². The summed E-state index contributed by atoms with van der Waals surface area (Å²) in [5, 5.41) is 14.5. The lowest BCUT2D eigenvalue weighted by atomic mass is 9.92. The molecule has 3 rings (SSSR count). The number of rotatable bonds is 4. The molecule has 122 valence electrons. The van der Waals surface area contributed by atoms with Gasteiger partial charge in [0.15, 0.2) is 0 Å². The normalized spacial score (nSPS) is 13.5. The van der Waals surface area contributed by atoms with Crippen molar-refractivity contribution in [3.05, 3.63) is 71.9 Å². The lowest BCUT2D eigenvalue weighted by molar-refractivity contribution is -0.120. The molecule has 0 aliphatic rings. The van der Waals surface area contributed by atoms with E-state index in [-0.39, 0.29) is 12.3 Å². The fourth-order valence-corrected chi connectivity index (χ4v) is 2.75. The van der Waals surface area contributed by atoms with Crippen molar-refractivity contribution in [3.8, 4) is 0 Å². The predicted octanol–water partition coefficient (Wildman–Crippen LogP) is 3.78. The van der Waals surface area contributed by atoms with E-state index in [4.69, 9.17) is 0 Å². The number of para-hydroxylation sites is 1. The minimum atomic E-state index is -1.22. The van der Waals surface area contributed by atoms with E-state index in [1.165, 1.54) is 0 Å². The first-order valence-electron chi connectivity index (χ1n) is 7.90. The van der Waals surface area contributed by atoms with E-state index in [2.05, 4.69) is 10.3 Å². The van der Waals surface area contributed by atoms with Crippen LogP contribution in [0.3, 0.4) is 0 Å². The summed E-state index contributed by atoms with van der Waals surface area (Å²) < 4.78 is 0. The zero-order valence-electron chi connectivity index (χ0n) is 13.8. The van der Waals surface area contributed by atoms with E-state index >= 15 is 0 Å². The van der Waals surface area contributed by atoms with Crippen LogP contribution >= 0.6 is 0 Å². The number of nitrogens with one attached hydrogen (secondary N) is 1. The van der Waals surface area contributed by atoms with Crippen LogP contribution in [-0.4, -0.2) is 16.0 Å². The highest BCUT2D eigenvalue weighted by molar-refractivity contribution is 6.00. The molecule has 0 spiro atoms. The van der Waals surface area contributed by atoms with Crippen molar-refractivity contribution < 1.29 is 9.90 Å². The van der Waals surface area contributed by atoms with E-state index in [0.29, 0.717) is 11.3 Å². The Hall–Kier alpha value is -2.72. The Labute approximate surface area is 141 Å². The van der Waals surface area contributed by atoms with E-state index in [9.17, 15) is 9.90 Å². The molecule has 4 heteroatoms. The van der Waals surface area contributed by atoms with Crippen LogP contribution in [0, 0.1) is 6.92 Å². The van der Waals surface area contributed by atoms with Crippen LogP contribution in [0.2, 0.25) is 0 Å². The maximum Gasteiger partial charge on any atom is 0.227 e. The predicted molar refractivity (Wildman–Crippen MR) is 95.7 cm³/mol. The van der Waals surface area contributed by atoms with Gasteiger partial charge in [-0.25, -0.2) is 0 Å². The van der Waals surface area contributed by atoms with E-state index in [1.54, 1.807) is 6.92 Å². The summed E-state index contributed by atoms with van der Waals surface area (Å²) >= 11 is 0. The maximum absolute atomic E-state index is 12.4.